The number of carboxylic acid groups (broad SMARTS) is 1. The lowest BCUT2D eigenvalue weighted by Gasteiger charge is -2.23. The first-order chi connectivity index (χ1) is 16.2. The summed E-state index contributed by atoms with van der Waals surface area (Å²) in [6, 6.07) is 12.3. The first-order valence-electron chi connectivity index (χ1n) is 11.0. The second kappa shape index (κ2) is 13.2. The molecule has 0 aliphatic carbocycles. The lowest BCUT2D eigenvalue weighted by atomic mass is 10.00. The van der Waals surface area contributed by atoms with Gasteiger partial charge in [-0.1, -0.05) is 43.3 Å². The number of ether oxygens (including phenoxy) is 2. The summed E-state index contributed by atoms with van der Waals surface area (Å²) in [4.78, 5) is 36.5. The van der Waals surface area contributed by atoms with Crippen molar-refractivity contribution in [3.63, 3.8) is 0 Å². The minimum absolute atomic E-state index is 0.0256. The Morgan fingerprint density at radius 2 is 1.68 bits per heavy atom. The average Bonchev–Trinajstić information content (AvgIpc) is 2.81. The Hall–Kier alpha value is -3.59. The number of phenolic OH excluding ortho intramolecular Hbond substituents is 1. The van der Waals surface area contributed by atoms with E-state index < -0.39 is 36.4 Å². The van der Waals surface area contributed by atoms with Gasteiger partial charge in [-0.3, -0.25) is 9.59 Å². The van der Waals surface area contributed by atoms with Crippen molar-refractivity contribution in [1.82, 2.24) is 10.6 Å². The molecule has 0 spiro atoms. The van der Waals surface area contributed by atoms with Crippen LogP contribution < -0.4 is 15.4 Å². The van der Waals surface area contributed by atoms with Gasteiger partial charge in [0.15, 0.2) is 11.5 Å². The van der Waals surface area contributed by atoms with Gasteiger partial charge in [-0.2, -0.15) is 0 Å². The van der Waals surface area contributed by atoms with Crippen LogP contribution in [0.3, 0.4) is 0 Å². The molecule has 34 heavy (non-hydrogen) atoms. The molecule has 0 unspecified atom stereocenters. The number of rotatable bonds is 13. The van der Waals surface area contributed by atoms with Gasteiger partial charge in [0.2, 0.25) is 5.91 Å². The number of aliphatic carboxylic acids is 1. The molecule has 1 amide bonds. The van der Waals surface area contributed by atoms with Gasteiger partial charge >= 0.3 is 11.9 Å². The van der Waals surface area contributed by atoms with E-state index in [-0.39, 0.29) is 18.1 Å². The summed E-state index contributed by atoms with van der Waals surface area (Å²) in [6.07, 6.45) is 0.363. The summed E-state index contributed by atoms with van der Waals surface area (Å²) in [5, 5.41) is 24.9. The molecule has 3 atom stereocenters. The second-order valence-corrected chi connectivity index (χ2v) is 8.15. The number of nitrogens with one attached hydrogen (secondary N) is 2. The molecule has 0 aliphatic heterocycles. The van der Waals surface area contributed by atoms with E-state index in [1.807, 2.05) is 43.3 Å². The zero-order valence-electron chi connectivity index (χ0n) is 19.6. The van der Waals surface area contributed by atoms with Gasteiger partial charge in [0.05, 0.1) is 26.7 Å². The number of esters is 1. The summed E-state index contributed by atoms with van der Waals surface area (Å²) in [5.74, 6) is -1.91. The van der Waals surface area contributed by atoms with Gasteiger partial charge in [0.1, 0.15) is 6.04 Å². The molecule has 0 aromatic heterocycles. The maximum absolute atomic E-state index is 12.9. The Bertz CT molecular complexity index is 965. The van der Waals surface area contributed by atoms with Gasteiger partial charge in [-0.25, -0.2) is 4.79 Å². The van der Waals surface area contributed by atoms with E-state index in [1.165, 1.54) is 14.2 Å². The smallest absolute Gasteiger partial charge is 0.328 e. The number of carboxylic acids is 1. The van der Waals surface area contributed by atoms with Crippen molar-refractivity contribution >= 4 is 17.8 Å². The molecule has 0 bridgehead atoms. The van der Waals surface area contributed by atoms with Crippen LogP contribution in [0.25, 0.3) is 0 Å². The normalized spacial score (nSPS) is 13.4. The molecule has 4 N–H and O–H groups in total. The molecule has 184 valence electrons. The zero-order valence-corrected chi connectivity index (χ0v) is 19.6. The van der Waals surface area contributed by atoms with Crippen molar-refractivity contribution in [3.05, 3.63) is 59.7 Å². The standard InChI is InChI=1S/C25H32N2O7/c1-16(11-18-9-10-22(33-2)21(28)13-18)15-26-19(14-23(29)30)24(31)27-20(25(32)34-3)12-17-7-5-4-6-8-17/h4-10,13,16,19-20,26,28H,11-12,14-15H2,1-3H3,(H,27,31)(H,29,30)/t16-,19-,20-/m0/s1. The van der Waals surface area contributed by atoms with Crippen LogP contribution in [0.2, 0.25) is 0 Å². The molecule has 0 radical (unpaired) electrons. The quantitative estimate of drug-likeness (QED) is 0.325. The monoisotopic (exact) mass is 472 g/mol. The molecule has 0 aliphatic rings. The molecule has 0 fully saturated rings. The Kier molecular flexibility index (Phi) is 10.3. The van der Waals surface area contributed by atoms with E-state index in [1.54, 1.807) is 12.1 Å². The lowest BCUT2D eigenvalue weighted by molar-refractivity contribution is -0.145. The van der Waals surface area contributed by atoms with Gasteiger partial charge in [-0.05, 0) is 42.1 Å². The van der Waals surface area contributed by atoms with Crippen LogP contribution in [0.5, 0.6) is 11.5 Å². The summed E-state index contributed by atoms with van der Waals surface area (Å²) < 4.78 is 9.86. The summed E-state index contributed by atoms with van der Waals surface area (Å²) >= 11 is 0. The highest BCUT2D eigenvalue weighted by Gasteiger charge is 2.28. The number of amides is 1. The molecule has 0 saturated heterocycles. The molecule has 9 nitrogen and oxygen atoms in total. The van der Waals surface area contributed by atoms with E-state index in [9.17, 15) is 24.6 Å². The Balaban J connectivity index is 2.02. The number of methoxy groups -OCH3 is 2. The van der Waals surface area contributed by atoms with E-state index in [2.05, 4.69) is 10.6 Å². The van der Waals surface area contributed by atoms with Crippen molar-refractivity contribution in [2.45, 2.75) is 38.3 Å². The van der Waals surface area contributed by atoms with Crippen LogP contribution >= 0.6 is 0 Å². The maximum atomic E-state index is 12.9. The molecule has 9 heteroatoms. The van der Waals surface area contributed by atoms with Crippen LogP contribution in [-0.2, 0) is 32.0 Å². The molecular formula is C25H32N2O7. The average molecular weight is 473 g/mol. The minimum atomic E-state index is -1.14. The van der Waals surface area contributed by atoms with Crippen molar-refractivity contribution in [2.24, 2.45) is 5.92 Å². The number of carbonyl (C=O) groups excluding carboxylic acids is 2. The number of carbonyl (C=O) groups is 3. The van der Waals surface area contributed by atoms with E-state index in [4.69, 9.17) is 9.47 Å². The van der Waals surface area contributed by atoms with Crippen LogP contribution in [0.1, 0.15) is 24.5 Å². The first-order valence-corrected chi connectivity index (χ1v) is 11.0. The van der Waals surface area contributed by atoms with Crippen LogP contribution in [-0.4, -0.2) is 60.9 Å². The Morgan fingerprint density at radius 3 is 2.26 bits per heavy atom. The largest absolute Gasteiger partial charge is 0.504 e. The minimum Gasteiger partial charge on any atom is -0.504 e. The van der Waals surface area contributed by atoms with Crippen LogP contribution in [0, 0.1) is 5.92 Å². The van der Waals surface area contributed by atoms with Gasteiger partial charge in [0, 0.05) is 6.42 Å². The predicted molar refractivity (Wildman–Crippen MR) is 126 cm³/mol. The summed E-state index contributed by atoms with van der Waals surface area (Å²) in [6.45, 7) is 2.29. The fourth-order valence-corrected chi connectivity index (χ4v) is 3.57. The van der Waals surface area contributed by atoms with Crippen molar-refractivity contribution < 1.29 is 34.1 Å². The van der Waals surface area contributed by atoms with Crippen LogP contribution in [0.15, 0.2) is 48.5 Å². The number of phenols is 1. The summed E-state index contributed by atoms with van der Waals surface area (Å²) in [7, 11) is 2.71. The molecule has 0 saturated carbocycles. The highest BCUT2D eigenvalue weighted by atomic mass is 16.5. The van der Waals surface area contributed by atoms with E-state index in [0.29, 0.717) is 18.7 Å². The maximum Gasteiger partial charge on any atom is 0.328 e. The van der Waals surface area contributed by atoms with E-state index >= 15 is 0 Å². The Morgan fingerprint density at radius 1 is 0.971 bits per heavy atom. The third-order valence-corrected chi connectivity index (χ3v) is 5.32. The topological polar surface area (TPSA) is 134 Å². The third kappa shape index (κ3) is 8.40. The third-order valence-electron chi connectivity index (χ3n) is 5.32. The number of aromatic hydroxyl groups is 1. The first kappa shape index (κ1) is 26.7. The number of hydrogen-bond donors (Lipinski definition) is 4. The lowest BCUT2D eigenvalue weighted by Crippen LogP contribution is -2.52. The highest BCUT2D eigenvalue weighted by molar-refractivity contribution is 5.90. The van der Waals surface area contributed by atoms with Gasteiger partial charge < -0.3 is 30.3 Å². The SMILES string of the molecule is COC(=O)[C@H](Cc1ccccc1)NC(=O)[C@H](CC(=O)O)NC[C@@H](C)Cc1ccc(OC)c(O)c1. The fraction of sp³-hybridized carbons (Fsp3) is 0.400. The van der Waals surface area contributed by atoms with Crippen molar-refractivity contribution in [1.29, 1.82) is 0 Å². The van der Waals surface area contributed by atoms with Crippen molar-refractivity contribution in [3.8, 4) is 11.5 Å². The van der Waals surface area contributed by atoms with Gasteiger partial charge in [-0.15, -0.1) is 0 Å². The van der Waals surface area contributed by atoms with E-state index in [0.717, 1.165) is 11.1 Å². The van der Waals surface area contributed by atoms with Crippen LogP contribution in [0.4, 0.5) is 0 Å². The zero-order chi connectivity index (χ0) is 25.1. The Labute approximate surface area is 199 Å². The molecular weight excluding hydrogens is 440 g/mol. The molecule has 2 aromatic carbocycles. The number of hydrogen-bond acceptors (Lipinski definition) is 7. The highest BCUT2D eigenvalue weighted by Crippen LogP contribution is 2.27. The van der Waals surface area contributed by atoms with Crippen molar-refractivity contribution in [2.75, 3.05) is 20.8 Å². The molecule has 2 aromatic rings. The number of benzene rings is 2. The second-order valence-electron chi connectivity index (χ2n) is 8.15. The van der Waals surface area contributed by atoms with Gasteiger partial charge in [0.25, 0.3) is 0 Å². The fourth-order valence-electron chi connectivity index (χ4n) is 3.57. The summed E-state index contributed by atoms with van der Waals surface area (Å²) in [5.41, 5.74) is 1.71. The molecule has 2 rings (SSSR count). The molecule has 0 heterocycles. The predicted octanol–water partition coefficient (Wildman–Crippen LogP) is 1.91.